The lowest BCUT2D eigenvalue weighted by molar-refractivity contribution is -0.121. The maximum absolute atomic E-state index is 14.4. The molecule has 4 heterocycles. The molecular weight excluding hydrogens is 458 g/mol. The Labute approximate surface area is 210 Å². The number of nitrogens with zero attached hydrogens (tertiary/aromatic N) is 3. The molecule has 9 heteroatoms. The summed E-state index contributed by atoms with van der Waals surface area (Å²) in [5.41, 5.74) is 8.63. The highest BCUT2D eigenvalue weighted by atomic mass is 16.7. The van der Waals surface area contributed by atoms with E-state index in [4.69, 9.17) is 15.2 Å². The van der Waals surface area contributed by atoms with Crippen LogP contribution in [0, 0.1) is 5.92 Å². The van der Waals surface area contributed by atoms with Gasteiger partial charge in [0.1, 0.15) is 11.3 Å². The van der Waals surface area contributed by atoms with Crippen LogP contribution < -0.4 is 25.4 Å². The average molecular weight is 490 g/mol. The van der Waals surface area contributed by atoms with Gasteiger partial charge in [-0.3, -0.25) is 4.79 Å². The number of fused-ring (bicyclic) bond motifs is 5. The summed E-state index contributed by atoms with van der Waals surface area (Å²) in [6.45, 7) is 5.96. The number of para-hydroxylation sites is 1. The van der Waals surface area contributed by atoms with Crippen molar-refractivity contribution in [1.29, 1.82) is 0 Å². The fourth-order valence-corrected chi connectivity index (χ4v) is 6.06. The standard InChI is InChI=1S/C27H31N5O4/c1-16(2)29-26(34)31-9-5-6-17(13-31)14-32-21-8-4-3-7-18(21)27(25(32)33)12-24(28)30-20-11-23-22(10-19(20)27)35-15-36-23/h3-4,7-8,10-11,16-17H,5-6,9,12-15H2,1-2H3,(H2,28,30)(H,29,34). The van der Waals surface area contributed by atoms with Crippen LogP contribution in [0.4, 0.5) is 16.2 Å². The van der Waals surface area contributed by atoms with E-state index in [1.807, 2.05) is 60.0 Å². The quantitative estimate of drug-likeness (QED) is 0.688. The van der Waals surface area contributed by atoms with Crippen molar-refractivity contribution in [2.45, 2.75) is 44.6 Å². The topological polar surface area (TPSA) is 109 Å². The van der Waals surface area contributed by atoms with Gasteiger partial charge in [0, 0.05) is 49.4 Å². The number of urea groups is 1. The van der Waals surface area contributed by atoms with Crippen LogP contribution in [0.1, 0.15) is 44.2 Å². The number of rotatable bonds is 3. The van der Waals surface area contributed by atoms with Gasteiger partial charge in [0.25, 0.3) is 0 Å². The van der Waals surface area contributed by atoms with Crippen molar-refractivity contribution in [3.63, 3.8) is 0 Å². The third-order valence-corrected chi connectivity index (χ3v) is 7.59. The zero-order valence-electron chi connectivity index (χ0n) is 20.6. The molecule has 188 valence electrons. The van der Waals surface area contributed by atoms with Crippen molar-refractivity contribution in [2.75, 3.05) is 31.3 Å². The number of anilines is 1. The summed E-state index contributed by atoms with van der Waals surface area (Å²) < 4.78 is 11.2. The molecule has 4 aliphatic rings. The maximum Gasteiger partial charge on any atom is 0.317 e. The van der Waals surface area contributed by atoms with Crippen LogP contribution in [0.2, 0.25) is 0 Å². The molecule has 3 N–H and O–H groups in total. The Bertz CT molecular complexity index is 1270. The highest BCUT2D eigenvalue weighted by molar-refractivity contribution is 6.14. The zero-order valence-corrected chi connectivity index (χ0v) is 20.6. The first-order valence-corrected chi connectivity index (χ1v) is 12.6. The van der Waals surface area contributed by atoms with E-state index in [1.165, 1.54) is 0 Å². The van der Waals surface area contributed by atoms with E-state index in [9.17, 15) is 9.59 Å². The zero-order chi connectivity index (χ0) is 25.0. The Morgan fingerprint density at radius 1 is 1.22 bits per heavy atom. The molecule has 1 spiro atoms. The summed E-state index contributed by atoms with van der Waals surface area (Å²) in [5, 5.41) is 2.99. The summed E-state index contributed by atoms with van der Waals surface area (Å²) in [6, 6.07) is 11.7. The lowest BCUT2D eigenvalue weighted by Crippen LogP contribution is -2.51. The number of carbonyl (C=O) groups excluding carboxylic acids is 2. The minimum Gasteiger partial charge on any atom is -0.454 e. The Morgan fingerprint density at radius 2 is 2.00 bits per heavy atom. The monoisotopic (exact) mass is 489 g/mol. The highest BCUT2D eigenvalue weighted by Crippen LogP contribution is 2.55. The number of hydrogen-bond donors (Lipinski definition) is 2. The average Bonchev–Trinajstić information content (AvgIpc) is 3.40. The number of likely N-dealkylation sites (tertiary alicyclic amines) is 1. The van der Waals surface area contributed by atoms with Gasteiger partial charge in [-0.1, -0.05) is 18.2 Å². The molecule has 2 atom stereocenters. The van der Waals surface area contributed by atoms with Crippen LogP contribution in [-0.2, 0) is 10.2 Å². The SMILES string of the molecule is CC(C)NC(=O)N1CCCC(CN2C(=O)C3(CC(N)=Nc4cc5c(cc43)OCO5)c3ccccc32)C1. The number of amidine groups is 1. The molecule has 36 heavy (non-hydrogen) atoms. The lowest BCUT2D eigenvalue weighted by atomic mass is 9.70. The van der Waals surface area contributed by atoms with E-state index < -0.39 is 5.41 Å². The van der Waals surface area contributed by atoms with Gasteiger partial charge in [-0.05, 0) is 50.3 Å². The van der Waals surface area contributed by atoms with Crippen LogP contribution in [0.15, 0.2) is 41.4 Å². The van der Waals surface area contributed by atoms with E-state index in [1.54, 1.807) is 0 Å². The van der Waals surface area contributed by atoms with Crippen molar-refractivity contribution in [2.24, 2.45) is 16.6 Å². The second-order valence-electron chi connectivity index (χ2n) is 10.4. The van der Waals surface area contributed by atoms with Gasteiger partial charge in [-0.15, -0.1) is 0 Å². The second kappa shape index (κ2) is 8.43. The minimum atomic E-state index is -0.970. The normalized spacial score (nSPS) is 24.1. The molecule has 2 aromatic carbocycles. The highest BCUT2D eigenvalue weighted by Gasteiger charge is 2.55. The lowest BCUT2D eigenvalue weighted by Gasteiger charge is -2.36. The minimum absolute atomic E-state index is 0.00887. The number of ether oxygens (including phenoxy) is 2. The molecule has 3 amide bonds. The van der Waals surface area contributed by atoms with E-state index in [0.29, 0.717) is 42.5 Å². The van der Waals surface area contributed by atoms with Crippen molar-refractivity contribution in [1.82, 2.24) is 10.2 Å². The summed E-state index contributed by atoms with van der Waals surface area (Å²) in [6.07, 6.45) is 2.18. The Morgan fingerprint density at radius 3 is 2.81 bits per heavy atom. The molecule has 9 nitrogen and oxygen atoms in total. The van der Waals surface area contributed by atoms with Gasteiger partial charge in [0.05, 0.1) is 5.69 Å². The first kappa shape index (κ1) is 22.7. The van der Waals surface area contributed by atoms with Gasteiger partial charge >= 0.3 is 6.03 Å². The molecule has 0 saturated carbocycles. The van der Waals surface area contributed by atoms with Crippen LogP contribution in [0.3, 0.4) is 0 Å². The van der Waals surface area contributed by atoms with E-state index in [2.05, 4.69) is 10.3 Å². The Balaban J connectivity index is 1.36. The summed E-state index contributed by atoms with van der Waals surface area (Å²) in [5.74, 6) is 1.81. The summed E-state index contributed by atoms with van der Waals surface area (Å²) in [4.78, 5) is 35.4. The number of amides is 3. The smallest absolute Gasteiger partial charge is 0.317 e. The number of nitrogens with two attached hydrogens (primary N) is 1. The van der Waals surface area contributed by atoms with Crippen LogP contribution in [0.25, 0.3) is 0 Å². The largest absolute Gasteiger partial charge is 0.454 e. The molecule has 4 aliphatic heterocycles. The fourth-order valence-electron chi connectivity index (χ4n) is 6.06. The number of piperidine rings is 1. The molecule has 0 aromatic heterocycles. The van der Waals surface area contributed by atoms with Crippen molar-refractivity contribution < 1.29 is 19.1 Å². The molecule has 0 aliphatic carbocycles. The van der Waals surface area contributed by atoms with Crippen LogP contribution >= 0.6 is 0 Å². The van der Waals surface area contributed by atoms with E-state index in [-0.39, 0.29) is 30.7 Å². The second-order valence-corrected chi connectivity index (χ2v) is 10.4. The number of carbonyl (C=O) groups is 2. The maximum atomic E-state index is 14.4. The van der Waals surface area contributed by atoms with Crippen molar-refractivity contribution in [3.8, 4) is 11.5 Å². The van der Waals surface area contributed by atoms with E-state index >= 15 is 0 Å². The molecule has 2 unspecified atom stereocenters. The predicted molar refractivity (Wildman–Crippen MR) is 136 cm³/mol. The summed E-state index contributed by atoms with van der Waals surface area (Å²) in [7, 11) is 0. The van der Waals surface area contributed by atoms with Gasteiger partial charge in [-0.25, -0.2) is 9.79 Å². The van der Waals surface area contributed by atoms with Crippen molar-refractivity contribution in [3.05, 3.63) is 47.5 Å². The third kappa shape index (κ3) is 3.48. The first-order chi connectivity index (χ1) is 17.4. The van der Waals surface area contributed by atoms with Crippen LogP contribution in [-0.4, -0.2) is 55.1 Å². The van der Waals surface area contributed by atoms with Crippen LogP contribution in [0.5, 0.6) is 11.5 Å². The summed E-state index contributed by atoms with van der Waals surface area (Å²) >= 11 is 0. The molecular formula is C27H31N5O4. The Kier molecular flexibility index (Phi) is 5.31. The molecule has 0 bridgehead atoms. The van der Waals surface area contributed by atoms with Gasteiger partial charge in [0.2, 0.25) is 12.7 Å². The molecule has 1 saturated heterocycles. The number of aliphatic imine (C=N–C) groups is 1. The number of nitrogens with one attached hydrogen (secondary N) is 1. The fraction of sp³-hybridized carbons (Fsp3) is 0.444. The third-order valence-electron chi connectivity index (χ3n) is 7.59. The number of hydrogen-bond acceptors (Lipinski definition) is 6. The van der Waals surface area contributed by atoms with Crippen molar-refractivity contribution >= 4 is 29.1 Å². The van der Waals surface area contributed by atoms with E-state index in [0.717, 1.165) is 36.2 Å². The predicted octanol–water partition coefficient (Wildman–Crippen LogP) is 3.27. The number of benzene rings is 2. The Hall–Kier alpha value is -3.75. The van der Waals surface area contributed by atoms with Gasteiger partial charge in [-0.2, -0.15) is 0 Å². The molecule has 6 rings (SSSR count). The molecule has 2 aromatic rings. The molecule has 0 radical (unpaired) electrons. The van der Waals surface area contributed by atoms with Gasteiger partial charge < -0.3 is 30.3 Å². The molecule has 1 fully saturated rings. The first-order valence-electron chi connectivity index (χ1n) is 12.6. The van der Waals surface area contributed by atoms with Gasteiger partial charge in [0.15, 0.2) is 11.5 Å².